The molecule has 2 aromatic carbocycles. The van der Waals surface area contributed by atoms with Gasteiger partial charge in [-0.15, -0.1) is 0 Å². The molecule has 0 saturated carbocycles. The van der Waals surface area contributed by atoms with Gasteiger partial charge in [0.1, 0.15) is 0 Å². The van der Waals surface area contributed by atoms with Crippen LogP contribution in [0.4, 0.5) is 10.5 Å². The second kappa shape index (κ2) is 6.97. The Bertz CT molecular complexity index is 655. The van der Waals surface area contributed by atoms with Gasteiger partial charge in [0.2, 0.25) is 0 Å². The topological polar surface area (TPSA) is 40.5 Å². The largest absolute Gasteiger partial charge is 0.465 e. The monoisotopic (exact) mass is 361 g/mol. The molecule has 2 rings (SSSR count). The molecule has 0 aliphatic carbocycles. The summed E-state index contributed by atoms with van der Waals surface area (Å²) in [5, 5.41) is 9.79. The van der Waals surface area contributed by atoms with Gasteiger partial charge in [-0.25, -0.2) is 4.79 Å². The molecule has 4 heteroatoms. The zero-order valence-corrected chi connectivity index (χ0v) is 14.5. The van der Waals surface area contributed by atoms with Gasteiger partial charge in [-0.2, -0.15) is 0 Å². The lowest BCUT2D eigenvalue weighted by atomic mass is 9.98. The summed E-state index contributed by atoms with van der Waals surface area (Å²) in [6, 6.07) is 15.2. The van der Waals surface area contributed by atoms with E-state index in [1.165, 1.54) is 4.90 Å². The first-order valence-corrected chi connectivity index (χ1v) is 8.08. The molecule has 0 radical (unpaired) electrons. The van der Waals surface area contributed by atoms with Crippen molar-refractivity contribution in [3.63, 3.8) is 0 Å². The first-order valence-electron chi connectivity index (χ1n) is 7.29. The summed E-state index contributed by atoms with van der Waals surface area (Å²) in [4.78, 5) is 13.4. The number of carboxylic acid groups (broad SMARTS) is 1. The predicted molar refractivity (Wildman–Crippen MR) is 93.6 cm³/mol. The molecule has 1 atom stereocenters. The number of anilines is 1. The van der Waals surface area contributed by atoms with Crippen molar-refractivity contribution < 1.29 is 9.90 Å². The Balaban J connectivity index is 2.57. The van der Waals surface area contributed by atoms with Gasteiger partial charge in [0.05, 0.1) is 11.7 Å². The summed E-state index contributed by atoms with van der Waals surface area (Å²) in [5.41, 5.74) is 2.70. The van der Waals surface area contributed by atoms with Crippen molar-refractivity contribution in [2.75, 3.05) is 4.90 Å². The zero-order valence-electron chi connectivity index (χ0n) is 13.0. The quantitative estimate of drug-likeness (QED) is 0.745. The number of hydrogen-bond donors (Lipinski definition) is 1. The number of carbonyl (C=O) groups is 1. The van der Waals surface area contributed by atoms with Crippen molar-refractivity contribution in [3.8, 4) is 0 Å². The van der Waals surface area contributed by atoms with Gasteiger partial charge >= 0.3 is 6.09 Å². The lowest BCUT2D eigenvalue weighted by Gasteiger charge is -2.30. The molecule has 116 valence electrons. The molecule has 0 bridgehead atoms. The third-order valence-corrected chi connectivity index (χ3v) is 4.40. The second-order valence-electron chi connectivity index (χ2n) is 5.57. The van der Waals surface area contributed by atoms with Gasteiger partial charge in [-0.05, 0) is 46.0 Å². The summed E-state index contributed by atoms with van der Waals surface area (Å²) < 4.78 is 0.795. The van der Waals surface area contributed by atoms with Crippen LogP contribution in [-0.4, -0.2) is 11.2 Å². The van der Waals surface area contributed by atoms with E-state index in [9.17, 15) is 9.90 Å². The van der Waals surface area contributed by atoms with Gasteiger partial charge in [0, 0.05) is 4.47 Å². The van der Waals surface area contributed by atoms with E-state index in [0.29, 0.717) is 0 Å². The van der Waals surface area contributed by atoms with E-state index in [1.54, 1.807) is 0 Å². The van der Waals surface area contributed by atoms with Crippen LogP contribution in [0.1, 0.15) is 43.9 Å². The molecule has 3 nitrogen and oxygen atoms in total. The van der Waals surface area contributed by atoms with Crippen molar-refractivity contribution >= 4 is 27.7 Å². The maximum Gasteiger partial charge on any atom is 0.412 e. The van der Waals surface area contributed by atoms with Crippen LogP contribution in [0.2, 0.25) is 0 Å². The molecule has 0 aliphatic heterocycles. The molecule has 2 aromatic rings. The van der Waals surface area contributed by atoms with E-state index in [2.05, 4.69) is 29.8 Å². The Morgan fingerprint density at radius 2 is 1.68 bits per heavy atom. The molecule has 0 aromatic heterocycles. The zero-order chi connectivity index (χ0) is 16.3. The minimum absolute atomic E-state index is 0.234. The van der Waals surface area contributed by atoms with Gasteiger partial charge in [0.25, 0.3) is 0 Å². The average Bonchev–Trinajstić information content (AvgIpc) is 2.49. The van der Waals surface area contributed by atoms with E-state index >= 15 is 0 Å². The van der Waals surface area contributed by atoms with Crippen LogP contribution in [-0.2, 0) is 0 Å². The van der Waals surface area contributed by atoms with Gasteiger partial charge in [0.15, 0.2) is 0 Å². The molecular weight excluding hydrogens is 342 g/mol. The van der Waals surface area contributed by atoms with Crippen LogP contribution >= 0.6 is 15.9 Å². The van der Waals surface area contributed by atoms with Crippen molar-refractivity contribution in [1.82, 2.24) is 0 Å². The summed E-state index contributed by atoms with van der Waals surface area (Å²) in [6.07, 6.45) is -0.954. The molecule has 0 unspecified atom stereocenters. The van der Waals surface area contributed by atoms with E-state index in [1.807, 2.05) is 55.5 Å². The molecule has 0 saturated heterocycles. The third kappa shape index (κ3) is 3.33. The Hall–Kier alpha value is -1.81. The number of benzene rings is 2. The molecule has 1 amide bonds. The highest BCUT2D eigenvalue weighted by Crippen LogP contribution is 2.38. The SMILES string of the molecule is CC(C)c1cccc(Br)c1N(C(=O)O)[C@H](C)c1ccccc1. The lowest BCUT2D eigenvalue weighted by molar-refractivity contribution is 0.199. The van der Waals surface area contributed by atoms with Crippen LogP contribution in [0.15, 0.2) is 53.0 Å². The first kappa shape index (κ1) is 16.6. The fraction of sp³-hybridized carbons (Fsp3) is 0.278. The molecule has 1 N–H and O–H groups in total. The smallest absolute Gasteiger partial charge is 0.412 e. The third-order valence-electron chi connectivity index (χ3n) is 3.76. The van der Waals surface area contributed by atoms with Crippen LogP contribution < -0.4 is 4.90 Å². The second-order valence-corrected chi connectivity index (χ2v) is 6.43. The molecule has 0 aliphatic rings. The number of nitrogens with zero attached hydrogens (tertiary/aromatic N) is 1. The molecule has 0 heterocycles. The van der Waals surface area contributed by atoms with Crippen LogP contribution in [0, 0.1) is 0 Å². The number of amides is 1. The number of hydrogen-bond acceptors (Lipinski definition) is 1. The highest BCUT2D eigenvalue weighted by atomic mass is 79.9. The molecule has 22 heavy (non-hydrogen) atoms. The van der Waals surface area contributed by atoms with Crippen molar-refractivity contribution in [2.24, 2.45) is 0 Å². The normalized spacial score (nSPS) is 12.2. The highest BCUT2D eigenvalue weighted by Gasteiger charge is 2.27. The Labute approximate surface area is 139 Å². The fourth-order valence-electron chi connectivity index (χ4n) is 2.59. The molecule has 0 fully saturated rings. The number of halogens is 1. The number of rotatable bonds is 4. The van der Waals surface area contributed by atoms with E-state index in [0.717, 1.165) is 21.3 Å². The van der Waals surface area contributed by atoms with Gasteiger partial charge in [-0.1, -0.05) is 56.3 Å². The highest BCUT2D eigenvalue weighted by molar-refractivity contribution is 9.10. The Kier molecular flexibility index (Phi) is 5.24. The van der Waals surface area contributed by atoms with Crippen LogP contribution in [0.25, 0.3) is 0 Å². The fourth-order valence-corrected chi connectivity index (χ4v) is 3.16. The van der Waals surface area contributed by atoms with Crippen molar-refractivity contribution in [2.45, 2.75) is 32.7 Å². The summed E-state index contributed by atoms with van der Waals surface area (Å²) in [5.74, 6) is 0.234. The maximum atomic E-state index is 11.9. The average molecular weight is 362 g/mol. The van der Waals surface area contributed by atoms with E-state index in [4.69, 9.17) is 0 Å². The van der Waals surface area contributed by atoms with Crippen molar-refractivity contribution in [1.29, 1.82) is 0 Å². The van der Waals surface area contributed by atoms with E-state index in [-0.39, 0.29) is 12.0 Å². The lowest BCUT2D eigenvalue weighted by Crippen LogP contribution is -2.33. The molecular formula is C18H20BrNO2. The summed E-state index contributed by atoms with van der Waals surface area (Å²) >= 11 is 3.52. The van der Waals surface area contributed by atoms with Crippen LogP contribution in [0.5, 0.6) is 0 Å². The van der Waals surface area contributed by atoms with E-state index < -0.39 is 6.09 Å². The van der Waals surface area contributed by atoms with Gasteiger partial charge in [-0.3, -0.25) is 4.90 Å². The molecule has 0 spiro atoms. The Morgan fingerprint density at radius 1 is 1.05 bits per heavy atom. The van der Waals surface area contributed by atoms with Crippen molar-refractivity contribution in [3.05, 3.63) is 64.1 Å². The van der Waals surface area contributed by atoms with Crippen LogP contribution in [0.3, 0.4) is 0 Å². The summed E-state index contributed by atoms with van der Waals surface area (Å²) in [6.45, 7) is 6.05. The van der Waals surface area contributed by atoms with Gasteiger partial charge < -0.3 is 5.11 Å². The first-order chi connectivity index (χ1) is 10.4. The maximum absolute atomic E-state index is 11.9. The summed E-state index contributed by atoms with van der Waals surface area (Å²) in [7, 11) is 0. The minimum atomic E-state index is -0.954. The number of para-hydroxylation sites is 1. The standard InChI is InChI=1S/C18H20BrNO2/c1-12(2)15-10-7-11-16(19)17(15)20(18(21)22)13(3)14-8-5-4-6-9-14/h4-13H,1-3H3,(H,21,22)/t13-/m1/s1. The predicted octanol–water partition coefficient (Wildman–Crippen LogP) is 5.82. The minimum Gasteiger partial charge on any atom is -0.465 e. The Morgan fingerprint density at radius 3 is 2.23 bits per heavy atom.